The summed E-state index contributed by atoms with van der Waals surface area (Å²) in [6.07, 6.45) is 6.04. The molecule has 2 atom stereocenters. The molecule has 0 amide bonds. The molecule has 11 heavy (non-hydrogen) atoms. The summed E-state index contributed by atoms with van der Waals surface area (Å²) in [5.41, 5.74) is 0. The van der Waals surface area contributed by atoms with Crippen LogP contribution in [0.5, 0.6) is 0 Å². The summed E-state index contributed by atoms with van der Waals surface area (Å²) < 4.78 is 0. The topological polar surface area (TPSA) is 37.3 Å². The maximum Gasteiger partial charge on any atom is 0.306 e. The fourth-order valence-corrected chi connectivity index (χ4v) is 1.81. The van der Waals surface area contributed by atoms with Crippen molar-refractivity contribution in [2.24, 2.45) is 11.8 Å². The van der Waals surface area contributed by atoms with Crippen molar-refractivity contribution >= 4 is 5.97 Å². The van der Waals surface area contributed by atoms with Crippen LogP contribution < -0.4 is 0 Å². The van der Waals surface area contributed by atoms with E-state index in [1.165, 1.54) is 0 Å². The predicted octanol–water partition coefficient (Wildman–Crippen LogP) is 2.10. The maximum atomic E-state index is 10.7. The highest BCUT2D eigenvalue weighted by Crippen LogP contribution is 2.31. The van der Waals surface area contributed by atoms with Gasteiger partial charge in [0.2, 0.25) is 0 Å². The van der Waals surface area contributed by atoms with Crippen molar-refractivity contribution in [2.75, 3.05) is 0 Å². The largest absolute Gasteiger partial charge is 0.481 e. The zero-order valence-corrected chi connectivity index (χ0v) is 6.92. The van der Waals surface area contributed by atoms with E-state index in [9.17, 15) is 4.79 Å². The van der Waals surface area contributed by atoms with Gasteiger partial charge in [0, 0.05) is 0 Å². The Morgan fingerprint density at radius 2 is 2.45 bits per heavy atom. The van der Waals surface area contributed by atoms with Crippen molar-refractivity contribution in [3.05, 3.63) is 6.42 Å². The number of aliphatic carboxylic acids is 1. The van der Waals surface area contributed by atoms with Crippen molar-refractivity contribution in [1.29, 1.82) is 0 Å². The summed E-state index contributed by atoms with van der Waals surface area (Å²) in [4.78, 5) is 10.7. The molecule has 0 aromatic heterocycles. The molecule has 0 spiro atoms. The molecule has 0 saturated heterocycles. The molecule has 0 heterocycles. The molecule has 0 aliphatic heterocycles. The Morgan fingerprint density at radius 3 is 2.91 bits per heavy atom. The van der Waals surface area contributed by atoms with Crippen LogP contribution in [0.1, 0.15) is 32.6 Å². The molecule has 1 rings (SSSR count). The van der Waals surface area contributed by atoms with E-state index in [0.29, 0.717) is 5.92 Å². The van der Waals surface area contributed by atoms with Crippen molar-refractivity contribution in [3.63, 3.8) is 0 Å². The third-order valence-corrected chi connectivity index (χ3v) is 2.57. The Hall–Kier alpha value is -0.530. The number of hydrogen-bond donors (Lipinski definition) is 1. The van der Waals surface area contributed by atoms with E-state index in [4.69, 9.17) is 5.11 Å². The van der Waals surface area contributed by atoms with Crippen LogP contribution >= 0.6 is 0 Å². The van der Waals surface area contributed by atoms with Crippen molar-refractivity contribution < 1.29 is 9.90 Å². The predicted molar refractivity (Wildman–Crippen MR) is 43.1 cm³/mol. The summed E-state index contributed by atoms with van der Waals surface area (Å²) in [6.45, 7) is 2.08. The number of hydrogen-bond acceptors (Lipinski definition) is 1. The second kappa shape index (κ2) is 3.74. The van der Waals surface area contributed by atoms with Crippen molar-refractivity contribution in [2.45, 2.75) is 32.6 Å². The Labute approximate surface area is 67.6 Å². The standard InChI is InChI=1S/C9H15O2/c1-2-7-5-3-4-6-8(7)9(10)11/h4,7-8H,2-3,5-6H2,1H3,(H,10,11). The molecular weight excluding hydrogens is 140 g/mol. The lowest BCUT2D eigenvalue weighted by atomic mass is 9.78. The minimum atomic E-state index is -0.618. The summed E-state index contributed by atoms with van der Waals surface area (Å²) in [5, 5.41) is 8.82. The SMILES string of the molecule is CCC1CC[CH]CC1C(=O)O. The zero-order chi connectivity index (χ0) is 8.27. The van der Waals surface area contributed by atoms with E-state index < -0.39 is 5.97 Å². The minimum Gasteiger partial charge on any atom is -0.481 e. The highest BCUT2D eigenvalue weighted by Gasteiger charge is 2.28. The van der Waals surface area contributed by atoms with E-state index in [0.717, 1.165) is 25.7 Å². The Bertz CT molecular complexity index is 142. The number of carboxylic acid groups (broad SMARTS) is 1. The number of carboxylic acids is 1. The van der Waals surface area contributed by atoms with Crippen LogP contribution in [0, 0.1) is 18.3 Å². The van der Waals surface area contributed by atoms with Crippen LogP contribution in [-0.4, -0.2) is 11.1 Å². The summed E-state index contributed by atoms with van der Waals surface area (Å²) >= 11 is 0. The number of rotatable bonds is 2. The van der Waals surface area contributed by atoms with Crippen LogP contribution in [0.15, 0.2) is 0 Å². The van der Waals surface area contributed by atoms with Gasteiger partial charge >= 0.3 is 5.97 Å². The molecule has 1 aliphatic carbocycles. The second-order valence-corrected chi connectivity index (χ2v) is 3.21. The average Bonchev–Trinajstić information content (AvgIpc) is 2.04. The van der Waals surface area contributed by atoms with Gasteiger partial charge < -0.3 is 5.11 Å². The molecule has 1 saturated carbocycles. The van der Waals surface area contributed by atoms with Crippen molar-refractivity contribution in [3.8, 4) is 0 Å². The summed E-state index contributed by atoms with van der Waals surface area (Å²) in [6, 6.07) is 0. The molecule has 0 bridgehead atoms. The molecule has 1 aliphatic rings. The van der Waals surface area contributed by atoms with Gasteiger partial charge in [0.25, 0.3) is 0 Å². The molecule has 1 radical (unpaired) electrons. The van der Waals surface area contributed by atoms with E-state index in [1.807, 2.05) is 0 Å². The van der Waals surface area contributed by atoms with Gasteiger partial charge in [-0.1, -0.05) is 13.3 Å². The zero-order valence-electron chi connectivity index (χ0n) is 6.92. The van der Waals surface area contributed by atoms with Crippen LogP contribution in [0.2, 0.25) is 0 Å². The van der Waals surface area contributed by atoms with Gasteiger partial charge in [0.15, 0.2) is 0 Å². The van der Waals surface area contributed by atoms with Crippen LogP contribution in [0.4, 0.5) is 0 Å². The first-order chi connectivity index (χ1) is 5.25. The average molecular weight is 155 g/mol. The smallest absolute Gasteiger partial charge is 0.306 e. The van der Waals surface area contributed by atoms with Crippen molar-refractivity contribution in [1.82, 2.24) is 0 Å². The Morgan fingerprint density at radius 1 is 1.73 bits per heavy atom. The molecule has 2 heteroatoms. The molecule has 1 fully saturated rings. The van der Waals surface area contributed by atoms with Crippen LogP contribution in [0.3, 0.4) is 0 Å². The van der Waals surface area contributed by atoms with Crippen LogP contribution in [0.25, 0.3) is 0 Å². The van der Waals surface area contributed by atoms with Gasteiger partial charge in [0.1, 0.15) is 0 Å². The highest BCUT2D eigenvalue weighted by atomic mass is 16.4. The lowest BCUT2D eigenvalue weighted by molar-refractivity contribution is -0.144. The third-order valence-electron chi connectivity index (χ3n) is 2.57. The van der Waals surface area contributed by atoms with Gasteiger partial charge in [0.05, 0.1) is 5.92 Å². The van der Waals surface area contributed by atoms with E-state index in [1.54, 1.807) is 0 Å². The summed E-state index contributed by atoms with van der Waals surface area (Å²) in [7, 11) is 0. The Balaban J connectivity index is 2.51. The lowest BCUT2D eigenvalue weighted by Gasteiger charge is -2.26. The first-order valence-corrected chi connectivity index (χ1v) is 4.30. The highest BCUT2D eigenvalue weighted by molar-refractivity contribution is 5.70. The first-order valence-electron chi connectivity index (χ1n) is 4.30. The molecule has 2 nitrogen and oxygen atoms in total. The fourth-order valence-electron chi connectivity index (χ4n) is 1.81. The molecule has 2 unspecified atom stereocenters. The van der Waals surface area contributed by atoms with Gasteiger partial charge in [-0.25, -0.2) is 0 Å². The fraction of sp³-hybridized carbons (Fsp3) is 0.778. The van der Waals surface area contributed by atoms with Gasteiger partial charge in [-0.15, -0.1) is 0 Å². The van der Waals surface area contributed by atoms with E-state index in [2.05, 4.69) is 13.3 Å². The van der Waals surface area contributed by atoms with E-state index in [-0.39, 0.29) is 5.92 Å². The molecule has 0 aromatic carbocycles. The minimum absolute atomic E-state index is 0.103. The van der Waals surface area contributed by atoms with Gasteiger partial charge in [-0.2, -0.15) is 0 Å². The quantitative estimate of drug-likeness (QED) is 0.663. The normalized spacial score (nSPS) is 31.7. The Kier molecular flexibility index (Phi) is 2.92. The molecular formula is C9H15O2. The second-order valence-electron chi connectivity index (χ2n) is 3.21. The maximum absolute atomic E-state index is 10.7. The molecule has 63 valence electrons. The third kappa shape index (κ3) is 1.95. The van der Waals surface area contributed by atoms with E-state index >= 15 is 0 Å². The number of carbonyl (C=O) groups is 1. The monoisotopic (exact) mass is 155 g/mol. The molecule has 1 N–H and O–H groups in total. The van der Waals surface area contributed by atoms with Gasteiger partial charge in [-0.05, 0) is 31.6 Å². The lowest BCUT2D eigenvalue weighted by Crippen LogP contribution is -2.26. The first kappa shape index (κ1) is 8.57. The molecule has 0 aromatic rings. The summed E-state index contributed by atoms with van der Waals surface area (Å²) in [5.74, 6) is -0.306. The van der Waals surface area contributed by atoms with Gasteiger partial charge in [-0.3, -0.25) is 4.79 Å². The van der Waals surface area contributed by atoms with Crippen LogP contribution in [-0.2, 0) is 4.79 Å².